The maximum absolute atomic E-state index is 11.7. The number of aliphatic hydroxyl groups excluding tert-OH is 1. The van der Waals surface area contributed by atoms with Gasteiger partial charge in [-0.15, -0.1) is 0 Å². The lowest BCUT2D eigenvalue weighted by Crippen LogP contribution is -2.45. The molecular weight excluding hydrogens is 224 g/mol. The molecule has 0 saturated carbocycles. The van der Waals surface area contributed by atoms with E-state index in [9.17, 15) is 14.7 Å². The lowest BCUT2D eigenvalue weighted by molar-refractivity contribution is -0.132. The van der Waals surface area contributed by atoms with Gasteiger partial charge in [0.1, 0.15) is 17.9 Å². The van der Waals surface area contributed by atoms with Gasteiger partial charge in [-0.05, 0) is 20.8 Å². The van der Waals surface area contributed by atoms with Crippen LogP contribution in [-0.2, 0) is 9.53 Å². The van der Waals surface area contributed by atoms with Crippen LogP contribution in [0.3, 0.4) is 0 Å². The van der Waals surface area contributed by atoms with Crippen molar-refractivity contribution < 1.29 is 19.4 Å². The minimum absolute atomic E-state index is 0.309. The Morgan fingerprint density at radius 1 is 1.47 bits per heavy atom. The van der Waals surface area contributed by atoms with Crippen LogP contribution >= 0.6 is 0 Å². The molecule has 2 amide bonds. The summed E-state index contributed by atoms with van der Waals surface area (Å²) < 4.78 is 5.06. The topological polar surface area (TPSA) is 78.9 Å². The summed E-state index contributed by atoms with van der Waals surface area (Å²) in [5.41, 5.74) is -0.612. The molecule has 0 aromatic heterocycles. The van der Waals surface area contributed by atoms with E-state index < -0.39 is 24.0 Å². The number of nitrogens with one attached hydrogen (secondary N) is 1. The van der Waals surface area contributed by atoms with E-state index in [2.05, 4.69) is 5.32 Å². The van der Waals surface area contributed by atoms with Crippen LogP contribution in [0.1, 0.15) is 27.7 Å². The zero-order chi connectivity index (χ0) is 13.4. The lowest BCUT2D eigenvalue weighted by atomic mass is 10.1. The average molecular weight is 244 g/mol. The molecule has 0 spiro atoms. The molecule has 0 aliphatic carbocycles. The monoisotopic (exact) mass is 244 g/mol. The maximum atomic E-state index is 11.7. The van der Waals surface area contributed by atoms with E-state index in [1.54, 1.807) is 27.7 Å². The number of rotatable bonds is 1. The first-order valence-electron chi connectivity index (χ1n) is 5.58. The van der Waals surface area contributed by atoms with Crippen molar-refractivity contribution in [2.24, 2.45) is 5.92 Å². The molecular formula is C11H20N2O4. The average Bonchev–Trinajstić information content (AvgIpc) is 2.33. The SMILES string of the molecule is CC1C(NC(=O)OC(C)(C)C)C(=O)N(C)C1O. The number of amides is 2. The zero-order valence-corrected chi connectivity index (χ0v) is 10.9. The van der Waals surface area contributed by atoms with Gasteiger partial charge in [-0.2, -0.15) is 0 Å². The number of ether oxygens (including phenoxy) is 1. The van der Waals surface area contributed by atoms with Gasteiger partial charge in [-0.25, -0.2) is 4.79 Å². The molecule has 3 atom stereocenters. The highest BCUT2D eigenvalue weighted by Gasteiger charge is 2.44. The van der Waals surface area contributed by atoms with Gasteiger partial charge in [-0.1, -0.05) is 6.92 Å². The van der Waals surface area contributed by atoms with Crippen molar-refractivity contribution in [3.63, 3.8) is 0 Å². The van der Waals surface area contributed by atoms with Gasteiger partial charge in [0, 0.05) is 13.0 Å². The van der Waals surface area contributed by atoms with Gasteiger partial charge >= 0.3 is 6.09 Å². The van der Waals surface area contributed by atoms with E-state index in [0.29, 0.717) is 0 Å². The molecule has 6 nitrogen and oxygen atoms in total. The molecule has 1 fully saturated rings. The van der Waals surface area contributed by atoms with E-state index in [4.69, 9.17) is 4.74 Å². The number of carbonyl (C=O) groups is 2. The third-order valence-corrected chi connectivity index (χ3v) is 2.68. The number of carbonyl (C=O) groups excluding carboxylic acids is 2. The summed E-state index contributed by atoms with van der Waals surface area (Å²) in [6, 6.07) is -0.732. The predicted octanol–water partition coefficient (Wildman–Crippen LogP) is 0.306. The lowest BCUT2D eigenvalue weighted by Gasteiger charge is -2.22. The first kappa shape index (κ1) is 13.8. The van der Waals surface area contributed by atoms with Crippen LogP contribution in [0, 0.1) is 5.92 Å². The standard InChI is InChI=1S/C11H20N2O4/c1-6-7(9(15)13(5)8(6)14)12-10(16)17-11(2,3)4/h6-8,14H,1-5H3,(H,12,16). The molecule has 1 heterocycles. The fourth-order valence-corrected chi connectivity index (χ4v) is 1.73. The molecule has 0 aromatic carbocycles. The Morgan fingerprint density at radius 3 is 2.35 bits per heavy atom. The highest BCUT2D eigenvalue weighted by atomic mass is 16.6. The number of alkyl carbamates (subject to hydrolysis) is 1. The Kier molecular flexibility index (Phi) is 3.66. The fraction of sp³-hybridized carbons (Fsp3) is 0.818. The van der Waals surface area contributed by atoms with E-state index in [1.807, 2.05) is 0 Å². The van der Waals surface area contributed by atoms with Crippen molar-refractivity contribution in [3.8, 4) is 0 Å². The second kappa shape index (κ2) is 4.52. The van der Waals surface area contributed by atoms with Crippen LogP contribution in [0.15, 0.2) is 0 Å². The molecule has 0 radical (unpaired) electrons. The van der Waals surface area contributed by atoms with Crippen LogP contribution in [-0.4, -0.2) is 46.9 Å². The summed E-state index contributed by atoms with van der Waals surface area (Å²) in [7, 11) is 1.50. The van der Waals surface area contributed by atoms with Gasteiger partial charge < -0.3 is 20.1 Å². The smallest absolute Gasteiger partial charge is 0.408 e. The Morgan fingerprint density at radius 2 is 2.00 bits per heavy atom. The molecule has 3 unspecified atom stereocenters. The predicted molar refractivity (Wildman–Crippen MR) is 61.1 cm³/mol. The number of likely N-dealkylation sites (N-methyl/N-ethyl adjacent to an activating group) is 1. The van der Waals surface area contributed by atoms with Gasteiger partial charge in [-0.3, -0.25) is 4.79 Å². The van der Waals surface area contributed by atoms with Crippen molar-refractivity contribution in [2.75, 3.05) is 7.05 Å². The molecule has 6 heteroatoms. The second-order valence-electron chi connectivity index (χ2n) is 5.35. The number of likely N-dealkylation sites (tertiary alicyclic amines) is 1. The Balaban J connectivity index is 2.64. The van der Waals surface area contributed by atoms with E-state index in [1.165, 1.54) is 11.9 Å². The third kappa shape index (κ3) is 3.09. The summed E-state index contributed by atoms with van der Waals surface area (Å²) in [6.07, 6.45) is -1.52. The minimum atomic E-state index is -0.873. The number of hydrogen-bond donors (Lipinski definition) is 2. The Bertz CT molecular complexity index is 324. The molecule has 1 saturated heterocycles. The summed E-state index contributed by atoms with van der Waals surface area (Å²) >= 11 is 0. The van der Waals surface area contributed by atoms with Crippen LogP contribution in [0.5, 0.6) is 0 Å². The van der Waals surface area contributed by atoms with Crippen molar-refractivity contribution in [1.29, 1.82) is 0 Å². The van der Waals surface area contributed by atoms with Crippen LogP contribution in [0.4, 0.5) is 4.79 Å². The van der Waals surface area contributed by atoms with Crippen molar-refractivity contribution in [2.45, 2.75) is 45.6 Å². The molecule has 98 valence electrons. The van der Waals surface area contributed by atoms with Crippen LogP contribution < -0.4 is 5.32 Å². The Labute approximate surface area is 101 Å². The van der Waals surface area contributed by atoms with Gasteiger partial charge in [0.15, 0.2) is 0 Å². The molecule has 1 rings (SSSR count). The van der Waals surface area contributed by atoms with E-state index >= 15 is 0 Å². The molecule has 1 aliphatic heterocycles. The molecule has 0 bridgehead atoms. The first-order chi connectivity index (χ1) is 7.63. The third-order valence-electron chi connectivity index (χ3n) is 2.68. The quantitative estimate of drug-likeness (QED) is 0.695. The van der Waals surface area contributed by atoms with Gasteiger partial charge in [0.2, 0.25) is 5.91 Å². The maximum Gasteiger partial charge on any atom is 0.408 e. The minimum Gasteiger partial charge on any atom is -0.444 e. The summed E-state index contributed by atoms with van der Waals surface area (Å²) in [6.45, 7) is 6.93. The van der Waals surface area contributed by atoms with Crippen LogP contribution in [0.25, 0.3) is 0 Å². The van der Waals surface area contributed by atoms with E-state index in [-0.39, 0.29) is 11.8 Å². The molecule has 2 N–H and O–H groups in total. The highest BCUT2D eigenvalue weighted by Crippen LogP contribution is 2.22. The molecule has 0 aromatic rings. The van der Waals surface area contributed by atoms with Crippen molar-refractivity contribution in [1.82, 2.24) is 10.2 Å². The summed E-state index contributed by atoms with van der Waals surface area (Å²) in [5.74, 6) is -0.670. The molecule has 1 aliphatic rings. The number of aliphatic hydroxyl groups is 1. The summed E-state index contributed by atoms with van der Waals surface area (Å²) in [5, 5.41) is 12.1. The van der Waals surface area contributed by atoms with Gasteiger partial charge in [0.05, 0.1) is 0 Å². The van der Waals surface area contributed by atoms with Crippen molar-refractivity contribution >= 4 is 12.0 Å². The summed E-state index contributed by atoms with van der Waals surface area (Å²) in [4.78, 5) is 24.5. The first-order valence-corrected chi connectivity index (χ1v) is 5.58. The zero-order valence-electron chi connectivity index (χ0n) is 10.9. The molecule has 17 heavy (non-hydrogen) atoms. The van der Waals surface area contributed by atoms with Crippen molar-refractivity contribution in [3.05, 3.63) is 0 Å². The normalized spacial score (nSPS) is 29.4. The highest BCUT2D eigenvalue weighted by molar-refractivity contribution is 5.88. The second-order valence-corrected chi connectivity index (χ2v) is 5.35. The van der Waals surface area contributed by atoms with Crippen LogP contribution in [0.2, 0.25) is 0 Å². The largest absolute Gasteiger partial charge is 0.444 e. The van der Waals surface area contributed by atoms with E-state index in [0.717, 1.165) is 0 Å². The number of hydrogen-bond acceptors (Lipinski definition) is 4. The Hall–Kier alpha value is -1.30. The number of nitrogens with zero attached hydrogens (tertiary/aromatic N) is 1. The fourth-order valence-electron chi connectivity index (χ4n) is 1.73. The van der Waals surface area contributed by atoms with Gasteiger partial charge in [0.25, 0.3) is 0 Å².